The van der Waals surface area contributed by atoms with E-state index in [0.717, 1.165) is 26.2 Å². The van der Waals surface area contributed by atoms with Crippen LogP contribution in [0.5, 0.6) is 0 Å². The summed E-state index contributed by atoms with van der Waals surface area (Å²) < 4.78 is 0.768. The molecule has 0 amide bonds. The first-order valence-electron chi connectivity index (χ1n) is 5.37. The lowest BCUT2D eigenvalue weighted by atomic mass is 10.1. The lowest BCUT2D eigenvalue weighted by Gasteiger charge is -1.95. The molecule has 0 unspecified atom stereocenters. The molecule has 3 rings (SSSR count). The maximum atomic E-state index is 6.10. The van der Waals surface area contributed by atoms with Crippen LogP contribution in [0, 0.1) is 13.8 Å². The number of rotatable bonds is 1. The maximum Gasteiger partial charge on any atom is 0.127 e. The van der Waals surface area contributed by atoms with Gasteiger partial charge in [-0.15, -0.1) is 11.3 Å². The number of hydrogen-bond donors (Lipinski definition) is 1. The van der Waals surface area contributed by atoms with Gasteiger partial charge in [0.1, 0.15) is 9.34 Å². The Hall–Kier alpha value is -1.32. The molecule has 1 aromatic carbocycles. The van der Waals surface area contributed by atoms with Gasteiger partial charge in [-0.25, -0.2) is 4.98 Å². The number of H-pyrrole nitrogens is 1. The zero-order valence-electron chi connectivity index (χ0n) is 9.54. The van der Waals surface area contributed by atoms with Crippen LogP contribution in [-0.2, 0) is 0 Å². The van der Waals surface area contributed by atoms with Crippen molar-refractivity contribution in [1.29, 1.82) is 0 Å². The van der Waals surface area contributed by atoms with E-state index in [1.807, 2.05) is 19.1 Å². The van der Waals surface area contributed by atoms with Crippen LogP contribution in [0.25, 0.3) is 21.5 Å². The molecule has 2 aromatic heterocycles. The average molecular weight is 263 g/mol. The van der Waals surface area contributed by atoms with Crippen molar-refractivity contribution in [3.05, 3.63) is 40.0 Å². The number of para-hydroxylation sites is 1. The van der Waals surface area contributed by atoms with Crippen molar-refractivity contribution in [2.45, 2.75) is 13.8 Å². The zero-order chi connectivity index (χ0) is 12.0. The van der Waals surface area contributed by atoms with Gasteiger partial charge in [0, 0.05) is 22.2 Å². The Morgan fingerprint density at radius 3 is 2.71 bits per heavy atom. The molecule has 2 nitrogen and oxygen atoms in total. The number of aromatic nitrogens is 2. The molecule has 4 heteroatoms. The highest BCUT2D eigenvalue weighted by Gasteiger charge is 2.14. The minimum absolute atomic E-state index is 0.768. The largest absolute Gasteiger partial charge is 0.358 e. The third-order valence-electron chi connectivity index (χ3n) is 2.85. The summed E-state index contributed by atoms with van der Waals surface area (Å²) in [6.45, 7) is 4.01. The zero-order valence-corrected chi connectivity index (χ0v) is 11.1. The van der Waals surface area contributed by atoms with Crippen molar-refractivity contribution in [3.8, 4) is 10.6 Å². The van der Waals surface area contributed by atoms with Gasteiger partial charge in [0.05, 0.1) is 5.69 Å². The fourth-order valence-electron chi connectivity index (χ4n) is 2.04. The number of hydrogen-bond acceptors (Lipinski definition) is 2. The number of aryl methyl sites for hydroxylation is 2. The highest BCUT2D eigenvalue weighted by molar-refractivity contribution is 7.19. The second kappa shape index (κ2) is 3.86. The van der Waals surface area contributed by atoms with Gasteiger partial charge in [0.2, 0.25) is 0 Å². The second-order valence-corrected chi connectivity index (χ2v) is 5.65. The van der Waals surface area contributed by atoms with Gasteiger partial charge < -0.3 is 4.98 Å². The first-order chi connectivity index (χ1) is 8.16. The van der Waals surface area contributed by atoms with Crippen LogP contribution in [0.4, 0.5) is 0 Å². The molecule has 0 saturated carbocycles. The van der Waals surface area contributed by atoms with E-state index >= 15 is 0 Å². The number of fused-ring (bicyclic) bond motifs is 1. The molecule has 17 heavy (non-hydrogen) atoms. The Morgan fingerprint density at radius 2 is 2.00 bits per heavy atom. The fraction of sp³-hybridized carbons (Fsp3) is 0.154. The van der Waals surface area contributed by atoms with E-state index in [4.69, 9.17) is 11.6 Å². The molecule has 0 fully saturated rings. The number of nitrogens with zero attached hydrogens (tertiary/aromatic N) is 1. The Balaban J connectivity index is 2.33. The van der Waals surface area contributed by atoms with E-state index in [0.29, 0.717) is 0 Å². The molecule has 2 heterocycles. The van der Waals surface area contributed by atoms with Crippen molar-refractivity contribution in [3.63, 3.8) is 0 Å². The Morgan fingerprint density at radius 1 is 1.24 bits per heavy atom. The molecular weight excluding hydrogens is 252 g/mol. The van der Waals surface area contributed by atoms with Crippen molar-refractivity contribution in [2.75, 3.05) is 0 Å². The highest BCUT2D eigenvalue weighted by atomic mass is 35.5. The van der Waals surface area contributed by atoms with E-state index in [2.05, 4.69) is 29.0 Å². The number of aromatic amines is 1. The Bertz CT molecular complexity index is 677. The summed E-state index contributed by atoms with van der Waals surface area (Å²) in [7, 11) is 0. The monoisotopic (exact) mass is 262 g/mol. The molecule has 0 radical (unpaired) electrons. The van der Waals surface area contributed by atoms with Crippen LogP contribution in [0.2, 0.25) is 4.34 Å². The molecule has 1 N–H and O–H groups in total. The fourth-order valence-corrected chi connectivity index (χ4v) is 3.21. The molecule has 86 valence electrons. The molecule has 0 atom stereocenters. The van der Waals surface area contributed by atoms with Crippen molar-refractivity contribution in [1.82, 2.24) is 9.97 Å². The second-order valence-electron chi connectivity index (χ2n) is 4.05. The van der Waals surface area contributed by atoms with Crippen molar-refractivity contribution >= 4 is 33.8 Å². The molecule has 0 aliphatic carbocycles. The standard InChI is InChI=1S/C13H11ClN2S/c1-7-11(13-16-8(2)12(14)17-13)9-5-3-4-6-10(9)15-7/h3-6,15H,1-2H3. The summed E-state index contributed by atoms with van der Waals surface area (Å²) in [6.07, 6.45) is 0. The minimum atomic E-state index is 0.768. The molecular formula is C13H11ClN2S. The normalized spacial score (nSPS) is 11.2. The number of thiazole rings is 1. The Labute approximate surface area is 108 Å². The molecule has 0 aliphatic heterocycles. The maximum absolute atomic E-state index is 6.10. The van der Waals surface area contributed by atoms with E-state index in [1.165, 1.54) is 22.3 Å². The quantitative estimate of drug-likeness (QED) is 0.684. The summed E-state index contributed by atoms with van der Waals surface area (Å²) >= 11 is 7.63. The summed E-state index contributed by atoms with van der Waals surface area (Å²) in [5.74, 6) is 0. The highest BCUT2D eigenvalue weighted by Crippen LogP contribution is 2.37. The average Bonchev–Trinajstić information content (AvgIpc) is 2.78. The van der Waals surface area contributed by atoms with Crippen LogP contribution >= 0.6 is 22.9 Å². The lowest BCUT2D eigenvalue weighted by molar-refractivity contribution is 1.25. The molecule has 0 aliphatic rings. The summed E-state index contributed by atoms with van der Waals surface area (Å²) in [4.78, 5) is 7.91. The van der Waals surface area contributed by atoms with Gasteiger partial charge in [-0.3, -0.25) is 0 Å². The third-order valence-corrected chi connectivity index (χ3v) is 4.32. The van der Waals surface area contributed by atoms with E-state index in [1.54, 1.807) is 0 Å². The van der Waals surface area contributed by atoms with Gasteiger partial charge in [0.25, 0.3) is 0 Å². The predicted molar refractivity (Wildman–Crippen MR) is 73.9 cm³/mol. The van der Waals surface area contributed by atoms with E-state index in [-0.39, 0.29) is 0 Å². The van der Waals surface area contributed by atoms with Gasteiger partial charge in [0.15, 0.2) is 0 Å². The first-order valence-corrected chi connectivity index (χ1v) is 6.57. The minimum Gasteiger partial charge on any atom is -0.358 e. The first kappa shape index (κ1) is 10.8. The number of halogens is 1. The van der Waals surface area contributed by atoms with Crippen LogP contribution < -0.4 is 0 Å². The third kappa shape index (κ3) is 1.66. The van der Waals surface area contributed by atoms with Crippen LogP contribution in [0.3, 0.4) is 0 Å². The van der Waals surface area contributed by atoms with Crippen molar-refractivity contribution in [2.24, 2.45) is 0 Å². The summed E-state index contributed by atoms with van der Waals surface area (Å²) in [5.41, 5.74) is 4.34. The Kier molecular flexibility index (Phi) is 2.45. The van der Waals surface area contributed by atoms with E-state index in [9.17, 15) is 0 Å². The molecule has 0 bridgehead atoms. The van der Waals surface area contributed by atoms with Gasteiger partial charge in [-0.2, -0.15) is 0 Å². The van der Waals surface area contributed by atoms with Crippen molar-refractivity contribution < 1.29 is 0 Å². The summed E-state index contributed by atoms with van der Waals surface area (Å²) in [5, 5.41) is 2.19. The van der Waals surface area contributed by atoms with Crippen LogP contribution in [-0.4, -0.2) is 9.97 Å². The predicted octanol–water partition coefficient (Wildman–Crippen LogP) is 4.56. The molecule has 0 saturated heterocycles. The lowest BCUT2D eigenvalue weighted by Crippen LogP contribution is -1.78. The molecule has 0 spiro atoms. The van der Waals surface area contributed by atoms with Gasteiger partial charge in [-0.05, 0) is 19.9 Å². The molecule has 3 aromatic rings. The van der Waals surface area contributed by atoms with Crippen LogP contribution in [0.1, 0.15) is 11.4 Å². The SMILES string of the molecule is Cc1nc(-c2c(C)[nH]c3ccccc23)sc1Cl. The number of benzene rings is 1. The van der Waals surface area contributed by atoms with E-state index < -0.39 is 0 Å². The smallest absolute Gasteiger partial charge is 0.127 e. The topological polar surface area (TPSA) is 28.7 Å². The van der Waals surface area contributed by atoms with Gasteiger partial charge in [-0.1, -0.05) is 29.8 Å². The van der Waals surface area contributed by atoms with Crippen LogP contribution in [0.15, 0.2) is 24.3 Å². The summed E-state index contributed by atoms with van der Waals surface area (Å²) in [6, 6.07) is 8.26. The number of nitrogens with one attached hydrogen (secondary N) is 1. The van der Waals surface area contributed by atoms with Gasteiger partial charge >= 0.3 is 0 Å².